The Morgan fingerprint density at radius 1 is 1.80 bits per heavy atom. The smallest absolute Gasteiger partial charge is 0.275 e. The molecule has 8 heteroatoms. The van der Waals surface area contributed by atoms with E-state index in [0.29, 0.717) is 0 Å². The van der Waals surface area contributed by atoms with Gasteiger partial charge in [-0.25, -0.2) is 10.1 Å². The molecule has 1 rings (SSSR count). The quantitative estimate of drug-likeness (QED) is 0.339. The second kappa shape index (κ2) is 5.05. The molecule has 0 radical (unpaired) electrons. The van der Waals surface area contributed by atoms with Crippen molar-refractivity contribution >= 4 is 23.5 Å². The van der Waals surface area contributed by atoms with Gasteiger partial charge in [0.25, 0.3) is 5.96 Å². The summed E-state index contributed by atoms with van der Waals surface area (Å²) in [6.45, 7) is 1.93. The lowest BCUT2D eigenvalue weighted by Crippen LogP contribution is -2.35. The SMILES string of the molecule is Cc1ccsc1C=NN=C(N)N[N+](=O)[O-]. The van der Waals surface area contributed by atoms with Crippen molar-refractivity contribution in [3.63, 3.8) is 0 Å². The molecular formula is C7H9N5O2S. The van der Waals surface area contributed by atoms with Crippen LogP contribution < -0.4 is 11.2 Å². The van der Waals surface area contributed by atoms with Gasteiger partial charge < -0.3 is 5.73 Å². The summed E-state index contributed by atoms with van der Waals surface area (Å²) in [6, 6.07) is 1.94. The molecule has 0 spiro atoms. The number of nitrogens with two attached hydrogens (primary N) is 1. The van der Waals surface area contributed by atoms with E-state index in [1.165, 1.54) is 17.6 Å². The van der Waals surface area contributed by atoms with Gasteiger partial charge in [0.05, 0.1) is 11.1 Å². The zero-order valence-corrected chi connectivity index (χ0v) is 8.69. The summed E-state index contributed by atoms with van der Waals surface area (Å²) in [4.78, 5) is 10.9. The van der Waals surface area contributed by atoms with Crippen LogP contribution in [0.15, 0.2) is 21.6 Å². The molecule has 1 aromatic heterocycles. The number of nitro groups is 1. The lowest BCUT2D eigenvalue weighted by atomic mass is 10.3. The maximum absolute atomic E-state index is 9.94. The Labute approximate surface area is 89.4 Å². The number of aryl methyl sites for hydroxylation is 1. The second-order valence-electron chi connectivity index (χ2n) is 2.57. The minimum atomic E-state index is -0.801. The highest BCUT2D eigenvalue weighted by molar-refractivity contribution is 7.11. The normalized spacial score (nSPS) is 11.9. The summed E-state index contributed by atoms with van der Waals surface area (Å²) in [5.74, 6) is -0.356. The Morgan fingerprint density at radius 2 is 2.53 bits per heavy atom. The van der Waals surface area contributed by atoms with Gasteiger partial charge in [-0.15, -0.1) is 16.4 Å². The van der Waals surface area contributed by atoms with Crippen LogP contribution in [0.1, 0.15) is 10.4 Å². The van der Waals surface area contributed by atoms with Gasteiger partial charge in [-0.3, -0.25) is 0 Å². The minimum Gasteiger partial charge on any atom is -0.364 e. The maximum Gasteiger partial charge on any atom is 0.275 e. The van der Waals surface area contributed by atoms with Crippen molar-refractivity contribution in [1.82, 2.24) is 5.43 Å². The van der Waals surface area contributed by atoms with Crippen LogP contribution in [0.3, 0.4) is 0 Å². The molecular weight excluding hydrogens is 218 g/mol. The number of hydrazine groups is 1. The first-order chi connectivity index (χ1) is 7.09. The first-order valence-electron chi connectivity index (χ1n) is 3.91. The molecule has 0 aromatic carbocycles. The molecule has 0 atom stereocenters. The second-order valence-corrected chi connectivity index (χ2v) is 3.51. The Balaban J connectivity index is 2.59. The Morgan fingerprint density at radius 3 is 3.07 bits per heavy atom. The summed E-state index contributed by atoms with van der Waals surface area (Å²) in [7, 11) is 0. The van der Waals surface area contributed by atoms with E-state index in [2.05, 4.69) is 10.2 Å². The molecule has 0 amide bonds. The minimum absolute atomic E-state index is 0.356. The maximum atomic E-state index is 9.94. The predicted molar refractivity (Wildman–Crippen MR) is 58.4 cm³/mol. The number of guanidine groups is 1. The number of nitrogens with zero attached hydrogens (tertiary/aromatic N) is 3. The van der Waals surface area contributed by atoms with Crippen molar-refractivity contribution in [2.24, 2.45) is 15.9 Å². The van der Waals surface area contributed by atoms with Crippen molar-refractivity contribution < 1.29 is 5.03 Å². The summed E-state index contributed by atoms with van der Waals surface area (Å²) >= 11 is 1.50. The van der Waals surface area contributed by atoms with E-state index in [9.17, 15) is 10.1 Å². The van der Waals surface area contributed by atoms with E-state index < -0.39 is 5.03 Å². The Hall–Kier alpha value is -1.96. The summed E-state index contributed by atoms with van der Waals surface area (Å²) in [5.41, 5.74) is 7.89. The predicted octanol–water partition coefficient (Wildman–Crippen LogP) is 0.486. The van der Waals surface area contributed by atoms with E-state index in [0.717, 1.165) is 10.4 Å². The molecule has 3 N–H and O–H groups in total. The molecule has 0 aliphatic carbocycles. The lowest BCUT2D eigenvalue weighted by Gasteiger charge is -1.91. The Kier molecular flexibility index (Phi) is 3.75. The zero-order valence-electron chi connectivity index (χ0n) is 7.88. The fourth-order valence-corrected chi connectivity index (χ4v) is 1.56. The fourth-order valence-electron chi connectivity index (χ4n) is 0.776. The highest BCUT2D eigenvalue weighted by atomic mass is 32.1. The average Bonchev–Trinajstić information content (AvgIpc) is 2.50. The van der Waals surface area contributed by atoms with Gasteiger partial charge in [-0.2, -0.15) is 5.10 Å². The number of hydrogen-bond acceptors (Lipinski definition) is 5. The molecule has 80 valence electrons. The van der Waals surface area contributed by atoms with E-state index in [1.807, 2.05) is 18.4 Å². The van der Waals surface area contributed by atoms with Gasteiger partial charge in [0.2, 0.25) is 0 Å². The standard InChI is InChI=1S/C7H9N5O2S/c1-5-2-3-15-6(5)4-9-10-7(8)11-12(13)14/h2-4H,1H3,(H3,8,10,11). The number of hydrogen-bond donors (Lipinski definition) is 2. The van der Waals surface area contributed by atoms with E-state index in [-0.39, 0.29) is 5.96 Å². The van der Waals surface area contributed by atoms with Crippen LogP contribution >= 0.6 is 11.3 Å². The summed E-state index contributed by atoms with van der Waals surface area (Å²) in [6.07, 6.45) is 1.49. The number of thiophene rings is 1. The molecule has 0 bridgehead atoms. The van der Waals surface area contributed by atoms with Gasteiger partial charge in [0.1, 0.15) is 0 Å². The highest BCUT2D eigenvalue weighted by Crippen LogP contribution is 2.12. The third-order valence-electron chi connectivity index (χ3n) is 1.45. The van der Waals surface area contributed by atoms with Gasteiger partial charge in [-0.05, 0) is 23.9 Å². The Bertz CT molecular complexity index is 411. The third kappa shape index (κ3) is 3.73. The average molecular weight is 227 g/mol. The van der Waals surface area contributed by atoms with E-state index in [4.69, 9.17) is 5.73 Å². The van der Waals surface area contributed by atoms with Gasteiger partial charge >= 0.3 is 0 Å². The highest BCUT2D eigenvalue weighted by Gasteiger charge is 1.97. The molecule has 0 saturated heterocycles. The zero-order chi connectivity index (χ0) is 11.3. The molecule has 15 heavy (non-hydrogen) atoms. The first kappa shape index (κ1) is 11.1. The van der Waals surface area contributed by atoms with Crippen molar-refractivity contribution in [2.75, 3.05) is 0 Å². The molecule has 0 saturated carbocycles. The van der Waals surface area contributed by atoms with Crippen LogP contribution in [-0.4, -0.2) is 17.2 Å². The van der Waals surface area contributed by atoms with Crippen molar-refractivity contribution in [1.29, 1.82) is 0 Å². The molecule has 0 aliphatic rings. The number of rotatable bonds is 3. The van der Waals surface area contributed by atoms with Gasteiger partial charge in [0.15, 0.2) is 5.03 Å². The first-order valence-corrected chi connectivity index (χ1v) is 4.79. The van der Waals surface area contributed by atoms with Crippen molar-refractivity contribution in [3.05, 3.63) is 32.0 Å². The van der Waals surface area contributed by atoms with E-state index in [1.54, 1.807) is 5.43 Å². The van der Waals surface area contributed by atoms with Crippen LogP contribution in [0.25, 0.3) is 0 Å². The molecule has 1 aromatic rings. The van der Waals surface area contributed by atoms with Crippen molar-refractivity contribution in [2.45, 2.75) is 6.92 Å². The summed E-state index contributed by atoms with van der Waals surface area (Å²) in [5, 5.41) is 18.1. The monoisotopic (exact) mass is 227 g/mol. The van der Waals surface area contributed by atoms with E-state index >= 15 is 0 Å². The molecule has 0 fully saturated rings. The van der Waals surface area contributed by atoms with Crippen LogP contribution in [0, 0.1) is 17.0 Å². The number of nitrogens with one attached hydrogen (secondary N) is 1. The van der Waals surface area contributed by atoms with Crippen molar-refractivity contribution in [3.8, 4) is 0 Å². The van der Waals surface area contributed by atoms with Gasteiger partial charge in [-0.1, -0.05) is 5.43 Å². The largest absolute Gasteiger partial charge is 0.364 e. The molecule has 1 heterocycles. The topological polar surface area (TPSA) is 106 Å². The van der Waals surface area contributed by atoms with Gasteiger partial charge in [0, 0.05) is 0 Å². The van der Waals surface area contributed by atoms with Crippen LogP contribution in [0.2, 0.25) is 0 Å². The lowest BCUT2D eigenvalue weighted by molar-refractivity contribution is -0.525. The van der Waals surface area contributed by atoms with Crippen LogP contribution in [0.4, 0.5) is 0 Å². The van der Waals surface area contributed by atoms with Crippen LogP contribution in [0.5, 0.6) is 0 Å². The third-order valence-corrected chi connectivity index (χ3v) is 2.40. The summed E-state index contributed by atoms with van der Waals surface area (Å²) < 4.78 is 0. The van der Waals surface area contributed by atoms with Crippen LogP contribution in [-0.2, 0) is 0 Å². The molecule has 0 unspecified atom stereocenters. The molecule has 7 nitrogen and oxygen atoms in total. The fraction of sp³-hybridized carbons (Fsp3) is 0.143. The molecule has 0 aliphatic heterocycles.